The van der Waals surface area contributed by atoms with E-state index in [9.17, 15) is 14.4 Å². The predicted octanol–water partition coefficient (Wildman–Crippen LogP) is 3.05. The van der Waals surface area contributed by atoms with Gasteiger partial charge in [0.1, 0.15) is 10.6 Å². The standard InChI is InChI=1S/C22H27N3O4S/c1-5-29-20(27)18-17(15-9-7-6-8-10-15)14(2)30-19(18)24-16(26)13-25-12-11-23-21(28)22(25,3)4/h6-10H,5,11-13H2,1-4H3,(H,23,28)(H,24,26). The quantitative estimate of drug-likeness (QED) is 0.689. The smallest absolute Gasteiger partial charge is 0.341 e. The Morgan fingerprint density at radius 1 is 1.27 bits per heavy atom. The summed E-state index contributed by atoms with van der Waals surface area (Å²) in [7, 11) is 0. The number of benzene rings is 1. The first-order valence-electron chi connectivity index (χ1n) is 9.94. The van der Waals surface area contributed by atoms with Crippen LogP contribution in [0.25, 0.3) is 11.1 Å². The minimum atomic E-state index is -0.778. The summed E-state index contributed by atoms with van der Waals surface area (Å²) in [5, 5.41) is 6.17. The van der Waals surface area contributed by atoms with Gasteiger partial charge in [0.2, 0.25) is 11.8 Å². The van der Waals surface area contributed by atoms with Gasteiger partial charge in [-0.2, -0.15) is 0 Å². The molecular weight excluding hydrogens is 402 g/mol. The topological polar surface area (TPSA) is 87.7 Å². The van der Waals surface area contributed by atoms with E-state index in [0.717, 1.165) is 16.0 Å². The zero-order chi connectivity index (χ0) is 21.9. The summed E-state index contributed by atoms with van der Waals surface area (Å²) in [6.45, 7) is 8.63. The normalized spacial score (nSPS) is 16.1. The summed E-state index contributed by atoms with van der Waals surface area (Å²) in [6.07, 6.45) is 0. The first-order valence-corrected chi connectivity index (χ1v) is 10.8. The molecule has 30 heavy (non-hydrogen) atoms. The lowest BCUT2D eigenvalue weighted by Crippen LogP contribution is -2.62. The second-order valence-corrected chi connectivity index (χ2v) is 8.83. The number of anilines is 1. The van der Waals surface area contributed by atoms with Gasteiger partial charge in [-0.15, -0.1) is 11.3 Å². The average Bonchev–Trinajstić information content (AvgIpc) is 3.02. The molecule has 2 amide bonds. The summed E-state index contributed by atoms with van der Waals surface area (Å²) in [5.41, 5.74) is 1.25. The van der Waals surface area contributed by atoms with E-state index in [4.69, 9.17) is 4.74 Å². The predicted molar refractivity (Wildman–Crippen MR) is 118 cm³/mol. The van der Waals surface area contributed by atoms with Crippen molar-refractivity contribution in [3.05, 3.63) is 40.8 Å². The van der Waals surface area contributed by atoms with Crippen LogP contribution in [-0.2, 0) is 14.3 Å². The highest BCUT2D eigenvalue weighted by molar-refractivity contribution is 7.17. The second-order valence-electron chi connectivity index (χ2n) is 7.61. The van der Waals surface area contributed by atoms with E-state index in [2.05, 4.69) is 10.6 Å². The van der Waals surface area contributed by atoms with Crippen LogP contribution in [-0.4, -0.2) is 54.5 Å². The highest BCUT2D eigenvalue weighted by atomic mass is 32.1. The van der Waals surface area contributed by atoms with Gasteiger partial charge in [0, 0.05) is 23.5 Å². The number of carbonyl (C=O) groups excluding carboxylic acids is 3. The number of piperazine rings is 1. The lowest BCUT2D eigenvalue weighted by atomic mass is 9.99. The van der Waals surface area contributed by atoms with Gasteiger partial charge in [-0.25, -0.2) is 4.79 Å². The number of amides is 2. The van der Waals surface area contributed by atoms with Crippen molar-refractivity contribution >= 4 is 34.1 Å². The number of hydrogen-bond acceptors (Lipinski definition) is 6. The SMILES string of the molecule is CCOC(=O)c1c(NC(=O)CN2CCNC(=O)C2(C)C)sc(C)c1-c1ccccc1. The second kappa shape index (κ2) is 8.97. The number of esters is 1. The summed E-state index contributed by atoms with van der Waals surface area (Å²) >= 11 is 1.35. The van der Waals surface area contributed by atoms with Gasteiger partial charge >= 0.3 is 5.97 Å². The van der Waals surface area contributed by atoms with E-state index < -0.39 is 11.5 Å². The van der Waals surface area contributed by atoms with E-state index in [1.54, 1.807) is 20.8 Å². The molecule has 0 atom stereocenters. The number of nitrogens with zero attached hydrogens (tertiary/aromatic N) is 1. The Morgan fingerprint density at radius 2 is 1.97 bits per heavy atom. The molecule has 0 saturated carbocycles. The minimum Gasteiger partial charge on any atom is -0.462 e. The van der Waals surface area contributed by atoms with Crippen molar-refractivity contribution in [2.75, 3.05) is 31.6 Å². The number of hydrogen-bond donors (Lipinski definition) is 2. The number of thiophene rings is 1. The fourth-order valence-electron chi connectivity index (χ4n) is 3.54. The summed E-state index contributed by atoms with van der Waals surface area (Å²) in [5.74, 6) is -0.843. The molecule has 1 aromatic carbocycles. The van der Waals surface area contributed by atoms with Crippen molar-refractivity contribution in [1.82, 2.24) is 10.2 Å². The molecule has 0 spiro atoms. The van der Waals surface area contributed by atoms with Crippen LogP contribution in [0, 0.1) is 6.92 Å². The minimum absolute atomic E-state index is 0.0559. The van der Waals surface area contributed by atoms with Gasteiger partial charge in [-0.05, 0) is 33.3 Å². The molecule has 2 N–H and O–H groups in total. The van der Waals surface area contributed by atoms with Crippen LogP contribution < -0.4 is 10.6 Å². The third kappa shape index (κ3) is 4.39. The van der Waals surface area contributed by atoms with Crippen LogP contribution in [0.2, 0.25) is 0 Å². The zero-order valence-electron chi connectivity index (χ0n) is 17.7. The monoisotopic (exact) mass is 429 g/mol. The van der Waals surface area contributed by atoms with Gasteiger partial charge in [-0.3, -0.25) is 14.5 Å². The molecule has 2 aromatic rings. The molecule has 1 aliphatic heterocycles. The average molecular weight is 430 g/mol. The van der Waals surface area contributed by atoms with Crippen molar-refractivity contribution in [3.8, 4) is 11.1 Å². The summed E-state index contributed by atoms with van der Waals surface area (Å²) in [4.78, 5) is 40.5. The molecule has 2 heterocycles. The Balaban J connectivity index is 1.89. The number of nitrogens with one attached hydrogen (secondary N) is 2. The van der Waals surface area contributed by atoms with E-state index in [1.165, 1.54) is 11.3 Å². The van der Waals surface area contributed by atoms with E-state index in [0.29, 0.717) is 23.7 Å². The number of aryl methyl sites for hydroxylation is 1. The molecule has 0 radical (unpaired) electrons. The summed E-state index contributed by atoms with van der Waals surface area (Å²) in [6, 6.07) is 9.58. The van der Waals surface area contributed by atoms with Crippen molar-refractivity contribution in [1.29, 1.82) is 0 Å². The maximum Gasteiger partial charge on any atom is 0.341 e. The number of carbonyl (C=O) groups is 3. The molecular formula is C22H27N3O4S. The molecule has 0 unspecified atom stereocenters. The van der Waals surface area contributed by atoms with Gasteiger partial charge in [0.15, 0.2) is 0 Å². The number of ether oxygens (including phenoxy) is 1. The van der Waals surface area contributed by atoms with Gasteiger partial charge in [-0.1, -0.05) is 30.3 Å². The molecule has 3 rings (SSSR count). The van der Waals surface area contributed by atoms with Crippen LogP contribution in [0.15, 0.2) is 30.3 Å². The van der Waals surface area contributed by atoms with E-state index >= 15 is 0 Å². The molecule has 1 fully saturated rings. The molecule has 1 saturated heterocycles. The fourth-order valence-corrected chi connectivity index (χ4v) is 4.62. The first kappa shape index (κ1) is 22.0. The maximum absolute atomic E-state index is 12.8. The third-order valence-corrected chi connectivity index (χ3v) is 6.25. The van der Waals surface area contributed by atoms with E-state index in [1.807, 2.05) is 42.2 Å². The van der Waals surface area contributed by atoms with Gasteiger partial charge < -0.3 is 15.4 Å². The number of rotatable bonds is 6. The highest BCUT2D eigenvalue weighted by Crippen LogP contribution is 2.40. The lowest BCUT2D eigenvalue weighted by molar-refractivity contribution is -0.136. The van der Waals surface area contributed by atoms with Gasteiger partial charge in [0.25, 0.3) is 0 Å². The summed E-state index contributed by atoms with van der Waals surface area (Å²) < 4.78 is 5.28. The van der Waals surface area contributed by atoms with E-state index in [-0.39, 0.29) is 25.0 Å². The molecule has 1 aliphatic rings. The third-order valence-electron chi connectivity index (χ3n) is 5.23. The Hall–Kier alpha value is -2.71. The molecule has 160 valence electrons. The van der Waals surface area contributed by atoms with Crippen molar-refractivity contribution in [3.63, 3.8) is 0 Å². The van der Waals surface area contributed by atoms with Gasteiger partial charge in [0.05, 0.1) is 18.7 Å². The van der Waals surface area contributed by atoms with Crippen molar-refractivity contribution < 1.29 is 19.1 Å². The highest BCUT2D eigenvalue weighted by Gasteiger charge is 2.38. The van der Waals surface area contributed by atoms with Crippen LogP contribution in [0.1, 0.15) is 36.0 Å². The Labute approximate surface area is 180 Å². The Kier molecular flexibility index (Phi) is 6.58. The van der Waals surface area contributed by atoms with Crippen LogP contribution in [0.3, 0.4) is 0 Å². The molecule has 8 heteroatoms. The van der Waals surface area contributed by atoms with Crippen LogP contribution >= 0.6 is 11.3 Å². The lowest BCUT2D eigenvalue weighted by Gasteiger charge is -2.40. The van der Waals surface area contributed by atoms with Crippen LogP contribution in [0.5, 0.6) is 0 Å². The van der Waals surface area contributed by atoms with Crippen molar-refractivity contribution in [2.24, 2.45) is 0 Å². The maximum atomic E-state index is 12.8. The molecule has 7 nitrogen and oxygen atoms in total. The first-order chi connectivity index (χ1) is 14.3. The molecule has 1 aromatic heterocycles. The molecule has 0 aliphatic carbocycles. The van der Waals surface area contributed by atoms with Crippen LogP contribution in [0.4, 0.5) is 5.00 Å². The largest absolute Gasteiger partial charge is 0.462 e. The van der Waals surface area contributed by atoms with Crippen molar-refractivity contribution in [2.45, 2.75) is 33.2 Å². The Morgan fingerprint density at radius 3 is 2.63 bits per heavy atom. The zero-order valence-corrected chi connectivity index (χ0v) is 18.5. The fraction of sp³-hybridized carbons (Fsp3) is 0.409. The molecule has 0 bridgehead atoms. The Bertz CT molecular complexity index is 953.